The van der Waals surface area contributed by atoms with Crippen LogP contribution in [0.1, 0.15) is 17.3 Å². The van der Waals surface area contributed by atoms with Crippen molar-refractivity contribution in [1.82, 2.24) is 15.0 Å². The molecule has 0 saturated heterocycles. The average Bonchev–Trinajstić information content (AvgIpc) is 3.14. The summed E-state index contributed by atoms with van der Waals surface area (Å²) in [4.78, 5) is 43.5. The predicted molar refractivity (Wildman–Crippen MR) is 129 cm³/mol. The zero-order chi connectivity index (χ0) is 26.1. The molecule has 1 aromatic heterocycles. The Morgan fingerprint density at radius 1 is 1.11 bits per heavy atom. The van der Waals surface area contributed by atoms with Gasteiger partial charge in [-0.25, -0.2) is 27.7 Å². The van der Waals surface area contributed by atoms with Crippen molar-refractivity contribution in [2.24, 2.45) is 5.10 Å². The monoisotopic (exact) mass is 549 g/mol. The molecule has 0 bridgehead atoms. The number of nitrogens with zero attached hydrogens (tertiary/aromatic N) is 4. The highest BCUT2D eigenvalue weighted by Gasteiger charge is 2.50. The van der Waals surface area contributed by atoms with Crippen molar-refractivity contribution in [3.05, 3.63) is 77.6 Å². The molecule has 1 aliphatic rings. The van der Waals surface area contributed by atoms with E-state index in [1.54, 1.807) is 0 Å². The largest absolute Gasteiger partial charge is 0.424 e. The molecule has 1 aliphatic heterocycles. The number of hydrogen-bond donors (Lipinski definition) is 2. The van der Waals surface area contributed by atoms with Crippen LogP contribution >= 0.6 is 19.2 Å². The highest BCUT2D eigenvalue weighted by Crippen LogP contribution is 2.50. The van der Waals surface area contributed by atoms with Gasteiger partial charge in [0.1, 0.15) is 5.75 Å². The lowest BCUT2D eigenvalue weighted by molar-refractivity contribution is -0.126. The lowest BCUT2D eigenvalue weighted by Crippen LogP contribution is -2.36. The summed E-state index contributed by atoms with van der Waals surface area (Å²) in [6.45, 7) is 1.32. The van der Waals surface area contributed by atoms with Gasteiger partial charge in [0.2, 0.25) is 5.95 Å². The Balaban J connectivity index is 1.49. The van der Waals surface area contributed by atoms with E-state index in [9.17, 15) is 27.5 Å². The smallest absolute Gasteiger partial charge is 0.394 e. The molecule has 2 atom stereocenters. The van der Waals surface area contributed by atoms with E-state index in [1.165, 1.54) is 49.6 Å². The van der Waals surface area contributed by atoms with Gasteiger partial charge < -0.3 is 9.42 Å². The number of halogens is 1. The van der Waals surface area contributed by atoms with Crippen LogP contribution in [-0.4, -0.2) is 51.5 Å². The molecule has 2 unspecified atom stereocenters. The second-order valence-corrected chi connectivity index (χ2v) is 11.4. The number of hydrogen-bond acceptors (Lipinski definition) is 9. The minimum Gasteiger partial charge on any atom is -0.424 e. The molecule has 0 saturated carbocycles. The maximum absolute atomic E-state index is 13.0. The third-order valence-corrected chi connectivity index (χ3v) is 8.18. The number of hydrazone groups is 1. The molecule has 4 rings (SSSR count). The molecule has 0 fully saturated rings. The van der Waals surface area contributed by atoms with Crippen molar-refractivity contribution in [1.29, 1.82) is 0 Å². The molecule has 0 aliphatic carbocycles. The molecule has 36 heavy (non-hydrogen) atoms. The first kappa shape index (κ1) is 25.5. The summed E-state index contributed by atoms with van der Waals surface area (Å²) >= 11 is 5.81. The van der Waals surface area contributed by atoms with Gasteiger partial charge in [-0.2, -0.15) is 10.1 Å². The second kappa shape index (κ2) is 9.78. The van der Waals surface area contributed by atoms with Crippen molar-refractivity contribution in [3.8, 4) is 5.75 Å². The van der Waals surface area contributed by atoms with Gasteiger partial charge in [0.05, 0.1) is 10.6 Å². The van der Waals surface area contributed by atoms with Gasteiger partial charge in [0, 0.05) is 23.0 Å². The summed E-state index contributed by atoms with van der Waals surface area (Å²) < 4.78 is 45.3. The Labute approximate surface area is 210 Å². The maximum atomic E-state index is 13.0. The number of imide groups is 1. The molecule has 186 valence electrons. The number of sulfonamides is 1. The quantitative estimate of drug-likeness (QED) is 0.332. The molecule has 12 nitrogen and oxygen atoms in total. The van der Waals surface area contributed by atoms with Crippen molar-refractivity contribution < 1.29 is 32.0 Å². The number of rotatable bonds is 7. The third kappa shape index (κ3) is 5.29. The number of aromatic nitrogens is 2. The summed E-state index contributed by atoms with van der Waals surface area (Å²) in [5, 5.41) is 4.74. The van der Waals surface area contributed by atoms with Crippen LogP contribution in [0.15, 0.2) is 77.0 Å². The van der Waals surface area contributed by atoms with Crippen molar-refractivity contribution >= 4 is 52.7 Å². The molecule has 2 N–H and O–H groups in total. The molecule has 2 heterocycles. The summed E-state index contributed by atoms with van der Waals surface area (Å²) in [6.07, 6.45) is 2.72. The van der Waals surface area contributed by atoms with Crippen molar-refractivity contribution in [2.45, 2.75) is 17.5 Å². The molecule has 3 aromatic rings. The van der Waals surface area contributed by atoms with E-state index in [-0.39, 0.29) is 27.9 Å². The summed E-state index contributed by atoms with van der Waals surface area (Å²) in [7, 11) is -8.78. The van der Waals surface area contributed by atoms with Crippen molar-refractivity contribution in [2.75, 3.05) is 4.72 Å². The van der Waals surface area contributed by atoms with E-state index >= 15 is 0 Å². The lowest BCUT2D eigenvalue weighted by Gasteiger charge is -2.19. The highest BCUT2D eigenvalue weighted by atomic mass is 35.5. The Hall–Kier alpha value is -3.64. The molecule has 15 heteroatoms. The first-order valence-electron chi connectivity index (χ1n) is 10.1. The van der Waals surface area contributed by atoms with Crippen LogP contribution in [0.5, 0.6) is 5.75 Å². The fourth-order valence-electron chi connectivity index (χ4n) is 3.21. The number of carbonyl (C=O) groups is 2. The van der Waals surface area contributed by atoms with Gasteiger partial charge in [0.15, 0.2) is 5.66 Å². The average molecular weight is 550 g/mol. The molecule has 2 aromatic carbocycles. The second-order valence-electron chi connectivity index (χ2n) is 7.41. The Morgan fingerprint density at radius 2 is 1.72 bits per heavy atom. The highest BCUT2D eigenvalue weighted by molar-refractivity contribution is 7.92. The fraction of sp³-hybridized carbons (Fsp3) is 0.0952. The van der Waals surface area contributed by atoms with Gasteiger partial charge >= 0.3 is 7.60 Å². The van der Waals surface area contributed by atoms with E-state index in [1.807, 2.05) is 0 Å². The van der Waals surface area contributed by atoms with Crippen LogP contribution in [0.2, 0.25) is 5.02 Å². The number of nitrogens with one attached hydrogen (secondary N) is 1. The first-order chi connectivity index (χ1) is 17.0. The Morgan fingerprint density at radius 3 is 2.33 bits per heavy atom. The van der Waals surface area contributed by atoms with E-state index in [4.69, 9.17) is 16.1 Å². The van der Waals surface area contributed by atoms with E-state index < -0.39 is 35.1 Å². The molecular formula is C21H17ClN5O7PS. The molecule has 0 radical (unpaired) electrons. The SMILES string of the molecule is CC1=NN(C(=O)c2ccc(Cl)cc2)C(=O)C1P(=O)(O)Oc1ccc(S(=O)(=O)Nc2ncccn2)cc1. The van der Waals surface area contributed by atoms with Crippen LogP contribution in [0.25, 0.3) is 0 Å². The first-order valence-corrected chi connectivity index (χ1v) is 13.6. The van der Waals surface area contributed by atoms with Gasteiger partial charge in [-0.05, 0) is 61.5 Å². The molecule has 0 spiro atoms. The normalized spacial score (nSPS) is 17.3. The summed E-state index contributed by atoms with van der Waals surface area (Å²) in [6, 6.07) is 11.8. The molecular weight excluding hydrogens is 533 g/mol. The van der Waals surface area contributed by atoms with Crippen LogP contribution in [0.4, 0.5) is 5.95 Å². The fourth-order valence-corrected chi connectivity index (χ4v) is 5.73. The topological polar surface area (TPSA) is 168 Å². The van der Waals surface area contributed by atoms with Crippen molar-refractivity contribution in [3.63, 3.8) is 0 Å². The standard InChI is InChI=1S/C21H17ClN5O7PS/c1-13-18(20(29)27(25-13)19(28)14-3-5-15(22)6-4-14)35(30,31)34-16-7-9-17(10-8-16)36(32,33)26-21-23-11-2-12-24-21/h2-12,18H,1H3,(H,30,31)(H,23,24,26). The van der Waals surface area contributed by atoms with Crippen LogP contribution in [0, 0.1) is 0 Å². The van der Waals surface area contributed by atoms with E-state index in [0.29, 0.717) is 10.0 Å². The third-order valence-electron chi connectivity index (χ3n) is 4.87. The summed E-state index contributed by atoms with van der Waals surface area (Å²) in [5.74, 6) is -2.16. The Kier molecular flexibility index (Phi) is 6.92. The van der Waals surface area contributed by atoms with Gasteiger partial charge in [-0.1, -0.05) is 11.6 Å². The minimum atomic E-state index is -4.74. The van der Waals surface area contributed by atoms with Gasteiger partial charge in [0.25, 0.3) is 21.8 Å². The van der Waals surface area contributed by atoms with Gasteiger partial charge in [-0.3, -0.25) is 9.59 Å². The minimum absolute atomic E-state index is 0.0978. The number of amides is 2. The van der Waals surface area contributed by atoms with Crippen LogP contribution < -0.4 is 9.25 Å². The predicted octanol–water partition coefficient (Wildman–Crippen LogP) is 2.92. The van der Waals surface area contributed by atoms with E-state index in [0.717, 1.165) is 24.3 Å². The summed E-state index contributed by atoms with van der Waals surface area (Å²) in [5.41, 5.74) is -1.72. The molecule has 2 amide bonds. The van der Waals surface area contributed by atoms with Crippen LogP contribution in [0.3, 0.4) is 0 Å². The number of benzene rings is 2. The number of anilines is 1. The zero-order valence-corrected chi connectivity index (χ0v) is 20.8. The zero-order valence-electron chi connectivity index (χ0n) is 18.3. The number of carbonyl (C=O) groups excluding carboxylic acids is 2. The Bertz CT molecular complexity index is 1500. The van der Waals surface area contributed by atoms with Crippen LogP contribution in [-0.2, 0) is 19.4 Å². The van der Waals surface area contributed by atoms with Gasteiger partial charge in [-0.15, -0.1) is 0 Å². The maximum Gasteiger partial charge on any atom is 0.394 e. The van der Waals surface area contributed by atoms with E-state index in [2.05, 4.69) is 19.8 Å². The lowest BCUT2D eigenvalue weighted by atomic mass is 10.2.